The summed E-state index contributed by atoms with van der Waals surface area (Å²) >= 11 is 5.08. The number of nitrogens with zero attached hydrogens (tertiary/aromatic N) is 3. The second kappa shape index (κ2) is 12.2. The van der Waals surface area contributed by atoms with E-state index < -0.39 is 29.6 Å². The van der Waals surface area contributed by atoms with Crippen LogP contribution in [-0.2, 0) is 14.4 Å². The quantitative estimate of drug-likeness (QED) is 0.348. The third kappa shape index (κ3) is 5.86. The summed E-state index contributed by atoms with van der Waals surface area (Å²) in [5, 5.41) is 16.2. The van der Waals surface area contributed by atoms with Crippen LogP contribution in [0.25, 0.3) is 21.6 Å². The molecule has 0 radical (unpaired) electrons. The number of benzene rings is 1. The van der Waals surface area contributed by atoms with E-state index in [9.17, 15) is 19.5 Å². The predicted molar refractivity (Wildman–Crippen MR) is 165 cm³/mol. The summed E-state index contributed by atoms with van der Waals surface area (Å²) in [6, 6.07) is 4.70. The molecule has 2 amide bonds. The fourth-order valence-corrected chi connectivity index (χ4v) is 7.27. The predicted octanol–water partition coefficient (Wildman–Crippen LogP) is 5.35. The minimum atomic E-state index is -1.34. The number of halogens is 1. The average molecular weight is 670 g/mol. The zero-order valence-electron chi connectivity index (χ0n) is 23.8. The van der Waals surface area contributed by atoms with Crippen LogP contribution in [-0.4, -0.2) is 69.1 Å². The molecule has 6 rings (SSSR count). The molecule has 226 valence electrons. The Bertz CT molecular complexity index is 1580. The number of hydrogen-bond acceptors (Lipinski definition) is 8. The van der Waals surface area contributed by atoms with Crippen molar-refractivity contribution < 1.29 is 29.0 Å². The number of pyridine rings is 1. The van der Waals surface area contributed by atoms with Crippen LogP contribution in [0.15, 0.2) is 46.4 Å². The molecule has 1 saturated heterocycles. The summed E-state index contributed by atoms with van der Waals surface area (Å²) in [4.78, 5) is 50.2. The SMILES string of the molecule is COc1ccc2c(O[C@@H]3C[C@H]4C(=O)N[C@]5(C(=O)O)C[C@H]5/C=C\CCCCCCC(=O)N4C3)cc(-c3nccs3)nc2c1Br. The van der Waals surface area contributed by atoms with Crippen LogP contribution in [0.1, 0.15) is 51.4 Å². The van der Waals surface area contributed by atoms with Gasteiger partial charge in [0.2, 0.25) is 11.8 Å². The van der Waals surface area contributed by atoms with Crippen molar-refractivity contribution in [1.29, 1.82) is 0 Å². The van der Waals surface area contributed by atoms with Crippen LogP contribution in [0.2, 0.25) is 0 Å². The lowest BCUT2D eigenvalue weighted by Crippen LogP contribution is -2.53. The first-order valence-electron chi connectivity index (χ1n) is 14.6. The number of rotatable bonds is 5. The lowest BCUT2D eigenvalue weighted by molar-refractivity contribution is -0.145. The Morgan fingerprint density at radius 3 is 2.81 bits per heavy atom. The molecule has 12 heteroatoms. The van der Waals surface area contributed by atoms with E-state index in [4.69, 9.17) is 14.5 Å². The molecule has 2 N–H and O–H groups in total. The van der Waals surface area contributed by atoms with Crippen molar-refractivity contribution in [2.45, 2.75) is 69.1 Å². The van der Waals surface area contributed by atoms with E-state index in [0.717, 1.165) is 42.5 Å². The Morgan fingerprint density at radius 2 is 2.05 bits per heavy atom. The second-order valence-electron chi connectivity index (χ2n) is 11.3. The highest BCUT2D eigenvalue weighted by Crippen LogP contribution is 2.46. The van der Waals surface area contributed by atoms with Crippen molar-refractivity contribution in [3.63, 3.8) is 0 Å². The fraction of sp³-hybridized carbons (Fsp3) is 0.452. The summed E-state index contributed by atoms with van der Waals surface area (Å²) in [5.74, 6) is -0.720. The zero-order valence-corrected chi connectivity index (χ0v) is 26.2. The number of amides is 2. The van der Waals surface area contributed by atoms with Gasteiger partial charge in [0.15, 0.2) is 0 Å². The number of carbonyl (C=O) groups is 3. The van der Waals surface area contributed by atoms with Gasteiger partial charge in [0, 0.05) is 41.8 Å². The van der Waals surface area contributed by atoms with E-state index >= 15 is 0 Å². The van der Waals surface area contributed by atoms with Gasteiger partial charge in [0.1, 0.15) is 39.9 Å². The van der Waals surface area contributed by atoms with Gasteiger partial charge >= 0.3 is 5.97 Å². The van der Waals surface area contributed by atoms with E-state index in [1.54, 1.807) is 18.2 Å². The number of hydrogen-bond donors (Lipinski definition) is 2. The van der Waals surface area contributed by atoms with Gasteiger partial charge in [-0.2, -0.15) is 0 Å². The van der Waals surface area contributed by atoms with Crippen LogP contribution in [0, 0.1) is 5.92 Å². The lowest BCUT2D eigenvalue weighted by atomic mass is 10.1. The summed E-state index contributed by atoms with van der Waals surface area (Å²) in [6.45, 7) is 0.216. The molecule has 2 aromatic heterocycles. The molecule has 4 atom stereocenters. The van der Waals surface area contributed by atoms with Crippen LogP contribution >= 0.6 is 27.3 Å². The average Bonchev–Trinajstić information content (AvgIpc) is 3.32. The molecule has 1 aliphatic carbocycles. The Hall–Kier alpha value is -3.51. The number of allylic oxidation sites excluding steroid dienone is 1. The Labute approximate surface area is 261 Å². The van der Waals surface area contributed by atoms with E-state index in [-0.39, 0.29) is 24.8 Å². The van der Waals surface area contributed by atoms with Crippen molar-refractivity contribution in [3.8, 4) is 22.2 Å². The van der Waals surface area contributed by atoms with Crippen LogP contribution in [0.4, 0.5) is 0 Å². The summed E-state index contributed by atoms with van der Waals surface area (Å²) < 4.78 is 12.7. The molecule has 2 aliphatic heterocycles. The number of methoxy groups -OCH3 is 1. The maximum atomic E-state index is 13.7. The highest BCUT2D eigenvalue weighted by Gasteiger charge is 2.61. The molecule has 10 nitrogen and oxygen atoms in total. The van der Waals surface area contributed by atoms with Gasteiger partial charge in [-0.25, -0.2) is 14.8 Å². The number of carbonyl (C=O) groups excluding carboxylic acids is 2. The number of thiazole rings is 1. The third-order valence-corrected chi connectivity index (χ3v) is 10.1. The molecule has 3 aliphatic rings. The molecular formula is C31H33BrN4O6S. The van der Waals surface area contributed by atoms with Gasteiger partial charge < -0.3 is 24.8 Å². The number of aliphatic carboxylic acids is 1. The maximum absolute atomic E-state index is 13.7. The first-order valence-corrected chi connectivity index (χ1v) is 16.2. The van der Waals surface area contributed by atoms with Crippen molar-refractivity contribution in [3.05, 3.63) is 46.4 Å². The molecule has 0 unspecified atom stereocenters. The minimum Gasteiger partial charge on any atom is -0.495 e. The normalized spacial score (nSPS) is 26.9. The fourth-order valence-electron chi connectivity index (χ4n) is 6.07. The van der Waals surface area contributed by atoms with Crippen molar-refractivity contribution >= 4 is 56.0 Å². The van der Waals surface area contributed by atoms with E-state index in [0.29, 0.717) is 40.0 Å². The number of fused-ring (bicyclic) bond motifs is 3. The van der Waals surface area contributed by atoms with Gasteiger partial charge in [0.05, 0.1) is 23.6 Å². The molecule has 1 aromatic carbocycles. The smallest absolute Gasteiger partial charge is 0.330 e. The Morgan fingerprint density at radius 1 is 1.21 bits per heavy atom. The lowest BCUT2D eigenvalue weighted by Gasteiger charge is -2.25. The number of ether oxygens (including phenoxy) is 2. The molecule has 4 heterocycles. The molecule has 0 bridgehead atoms. The minimum absolute atomic E-state index is 0.119. The summed E-state index contributed by atoms with van der Waals surface area (Å²) in [5.41, 5.74) is -0.0688. The van der Waals surface area contributed by atoms with Crippen molar-refractivity contribution in [2.24, 2.45) is 5.92 Å². The molecule has 43 heavy (non-hydrogen) atoms. The number of carboxylic acids is 1. The van der Waals surface area contributed by atoms with Crippen LogP contribution < -0.4 is 14.8 Å². The molecule has 3 aromatic rings. The summed E-state index contributed by atoms with van der Waals surface area (Å²) in [6.07, 6.45) is 10.6. The maximum Gasteiger partial charge on any atom is 0.330 e. The number of nitrogens with one attached hydrogen (secondary N) is 1. The first kappa shape index (κ1) is 29.6. The van der Waals surface area contributed by atoms with Gasteiger partial charge in [-0.3, -0.25) is 9.59 Å². The van der Waals surface area contributed by atoms with Gasteiger partial charge in [0.25, 0.3) is 0 Å². The first-order chi connectivity index (χ1) is 20.8. The largest absolute Gasteiger partial charge is 0.495 e. The van der Waals surface area contributed by atoms with Gasteiger partial charge in [-0.15, -0.1) is 11.3 Å². The van der Waals surface area contributed by atoms with Gasteiger partial charge in [-0.05, 0) is 53.7 Å². The number of carboxylic acid groups (broad SMARTS) is 1. The molecular weight excluding hydrogens is 636 g/mol. The standard InChI is InChI=1S/C31H33BrN4O6S/c1-41-23-11-10-20-24(15-21(29-33-12-13-43-29)34-27(20)26(23)32)42-19-14-22-28(38)35-31(30(39)40)16-18(31)8-6-4-2-3-5-7-9-25(37)36(22)17-19/h6,8,10-13,15,18-19,22H,2-5,7,9,14,16-17H2,1H3,(H,35,38)(H,39,40)/b8-6-/t18-,19-,22+,31-/m1/s1. The Balaban J connectivity index is 1.31. The van der Waals surface area contributed by atoms with Crippen LogP contribution in [0.5, 0.6) is 11.5 Å². The highest BCUT2D eigenvalue weighted by molar-refractivity contribution is 9.10. The topological polar surface area (TPSA) is 131 Å². The van der Waals surface area contributed by atoms with Gasteiger partial charge in [-0.1, -0.05) is 25.0 Å². The molecule has 1 saturated carbocycles. The highest BCUT2D eigenvalue weighted by atomic mass is 79.9. The zero-order chi connectivity index (χ0) is 30.1. The van der Waals surface area contributed by atoms with Crippen molar-refractivity contribution in [1.82, 2.24) is 20.2 Å². The third-order valence-electron chi connectivity index (χ3n) is 8.52. The Kier molecular flexibility index (Phi) is 8.41. The molecule has 2 fully saturated rings. The van der Waals surface area contributed by atoms with E-state index in [2.05, 4.69) is 26.2 Å². The van der Waals surface area contributed by atoms with E-state index in [1.807, 2.05) is 35.7 Å². The monoisotopic (exact) mass is 668 g/mol. The van der Waals surface area contributed by atoms with E-state index in [1.165, 1.54) is 11.3 Å². The summed E-state index contributed by atoms with van der Waals surface area (Å²) in [7, 11) is 1.59. The van der Waals surface area contributed by atoms with Crippen LogP contribution in [0.3, 0.4) is 0 Å². The van der Waals surface area contributed by atoms with Crippen molar-refractivity contribution in [2.75, 3.05) is 13.7 Å². The second-order valence-corrected chi connectivity index (χ2v) is 13.0. The molecule has 0 spiro atoms. The number of aromatic nitrogens is 2.